The number of phosphoric ester groups is 1. The number of carbonyl (C=O) groups excluding carboxylic acids is 1. The van der Waals surface area contributed by atoms with Crippen LogP contribution in [-0.4, -0.2) is 148 Å². The van der Waals surface area contributed by atoms with E-state index >= 15 is 0 Å². The van der Waals surface area contributed by atoms with E-state index in [1.54, 1.807) is 6.92 Å². The number of phosphoric acid groups is 1. The number of hydrogen-bond donors (Lipinski definition) is 8. The van der Waals surface area contributed by atoms with Crippen molar-refractivity contribution in [3.63, 3.8) is 0 Å². The molecule has 11 unspecified atom stereocenters. The van der Waals surface area contributed by atoms with Crippen molar-refractivity contribution in [2.75, 3.05) is 39.6 Å². The number of aliphatic hydroxyl groups excluding tert-OH is 7. The average Bonchev–Trinajstić information content (AvgIpc) is 3.15. The molecular weight excluding hydrogens is 735 g/mol. The average molecular weight is 805 g/mol. The fourth-order valence-corrected chi connectivity index (χ4v) is 6.98. The van der Waals surface area contributed by atoms with Crippen molar-refractivity contribution in [1.29, 1.82) is 0 Å². The van der Waals surface area contributed by atoms with Gasteiger partial charge in [-0.25, -0.2) is 4.57 Å². The first-order valence-corrected chi connectivity index (χ1v) is 21.3. The third-order valence-corrected chi connectivity index (χ3v) is 10.6. The summed E-state index contributed by atoms with van der Waals surface area (Å²) in [5.41, 5.74) is 0. The van der Waals surface area contributed by atoms with Crippen molar-refractivity contribution >= 4 is 13.8 Å². The van der Waals surface area contributed by atoms with Crippen molar-refractivity contribution in [2.45, 2.75) is 178 Å². The summed E-state index contributed by atoms with van der Waals surface area (Å²) in [6, 6.07) is 0. The van der Waals surface area contributed by atoms with Crippen molar-refractivity contribution in [3.8, 4) is 0 Å². The molecule has 2 aliphatic rings. The minimum atomic E-state index is -4.54. The smallest absolute Gasteiger partial charge is 0.465 e. The Hall–Kier alpha value is -0.860. The third kappa shape index (κ3) is 19.1. The molecule has 2 heterocycles. The second-order valence-corrected chi connectivity index (χ2v) is 16.0. The Bertz CT molecular complexity index is 1020. The molecule has 0 saturated carbocycles. The Kier molecular flexibility index (Phi) is 25.3. The van der Waals surface area contributed by atoms with Crippen LogP contribution in [-0.2, 0) is 42.1 Å². The molecule has 0 spiro atoms. The Morgan fingerprint density at radius 1 is 0.630 bits per heavy atom. The van der Waals surface area contributed by atoms with Gasteiger partial charge in [-0.15, -0.1) is 0 Å². The first kappa shape index (κ1) is 49.3. The summed E-state index contributed by atoms with van der Waals surface area (Å²) in [4.78, 5) is 22.2. The highest BCUT2D eigenvalue weighted by atomic mass is 31.2. The summed E-state index contributed by atoms with van der Waals surface area (Å²) in [6.07, 6.45) is 3.02. The van der Waals surface area contributed by atoms with E-state index in [-0.39, 0.29) is 19.2 Å². The number of aliphatic hydroxyl groups is 7. The van der Waals surface area contributed by atoms with Gasteiger partial charge in [-0.2, -0.15) is 0 Å². The van der Waals surface area contributed by atoms with E-state index in [2.05, 4.69) is 6.92 Å². The zero-order valence-corrected chi connectivity index (χ0v) is 33.0. The quantitative estimate of drug-likeness (QED) is 0.0294. The summed E-state index contributed by atoms with van der Waals surface area (Å²) in [5, 5.41) is 70.2. The molecule has 0 aliphatic carbocycles. The molecule has 8 N–H and O–H groups in total. The molecule has 0 bridgehead atoms. The second-order valence-electron chi connectivity index (χ2n) is 14.5. The van der Waals surface area contributed by atoms with Gasteiger partial charge < -0.3 is 64.3 Å². The van der Waals surface area contributed by atoms with Crippen molar-refractivity contribution in [2.24, 2.45) is 5.92 Å². The lowest BCUT2D eigenvalue weighted by Crippen LogP contribution is -2.61. The highest BCUT2D eigenvalue weighted by Crippen LogP contribution is 2.43. The zero-order chi connectivity index (χ0) is 39.9. The van der Waals surface area contributed by atoms with Crippen LogP contribution >= 0.6 is 7.82 Å². The summed E-state index contributed by atoms with van der Waals surface area (Å²) in [5.74, 6) is -0.722. The van der Waals surface area contributed by atoms with Crippen LogP contribution in [0.4, 0.5) is 0 Å². The SMILES string of the molecule is CCCCCCCCCCCCCCCCCC(=O)OC[C@@H](C)COP(=O)(O)OCCOC1OC(COC2OC(CO)C(O)C(O)C2O)C(O)C(O)C1O. The van der Waals surface area contributed by atoms with Gasteiger partial charge in [0, 0.05) is 12.3 Å². The molecule has 0 aromatic carbocycles. The Labute approximate surface area is 319 Å². The first-order chi connectivity index (χ1) is 25.8. The fraction of sp³-hybridized carbons (Fsp3) is 0.972. The van der Waals surface area contributed by atoms with Crippen LogP contribution in [0.1, 0.15) is 117 Å². The van der Waals surface area contributed by atoms with E-state index in [9.17, 15) is 50.0 Å². The van der Waals surface area contributed by atoms with Crippen LogP contribution in [0.2, 0.25) is 0 Å². The number of esters is 1. The topological polar surface area (TPSA) is 261 Å². The number of carbonyl (C=O) groups is 1. The van der Waals surface area contributed by atoms with Gasteiger partial charge in [0.15, 0.2) is 12.6 Å². The molecule has 0 amide bonds. The number of unbranched alkanes of at least 4 members (excludes halogenated alkanes) is 14. The molecule has 18 heteroatoms. The molecule has 2 fully saturated rings. The van der Waals surface area contributed by atoms with Gasteiger partial charge in [0.1, 0.15) is 48.8 Å². The molecule has 54 heavy (non-hydrogen) atoms. The van der Waals surface area contributed by atoms with Gasteiger partial charge in [-0.1, -0.05) is 104 Å². The normalized spacial score (nSPS) is 30.6. The summed E-state index contributed by atoms with van der Waals surface area (Å²) in [7, 11) is -4.54. The maximum Gasteiger partial charge on any atom is 0.472 e. The number of rotatable bonds is 30. The molecule has 17 nitrogen and oxygen atoms in total. The second kappa shape index (κ2) is 27.7. The summed E-state index contributed by atoms with van der Waals surface area (Å²) in [6.45, 7) is 1.57. The Morgan fingerprint density at radius 2 is 1.11 bits per heavy atom. The lowest BCUT2D eigenvalue weighted by molar-refractivity contribution is -0.331. The maximum absolute atomic E-state index is 12.3. The highest BCUT2D eigenvalue weighted by molar-refractivity contribution is 7.47. The molecule has 2 rings (SSSR count). The van der Waals surface area contributed by atoms with Crippen LogP contribution in [0.5, 0.6) is 0 Å². The summed E-state index contributed by atoms with van der Waals surface area (Å²) < 4.78 is 48.9. The van der Waals surface area contributed by atoms with E-state index in [0.717, 1.165) is 19.3 Å². The van der Waals surface area contributed by atoms with Gasteiger partial charge in [-0.05, 0) is 6.42 Å². The van der Waals surface area contributed by atoms with Crippen LogP contribution in [0.15, 0.2) is 0 Å². The monoisotopic (exact) mass is 804 g/mol. The molecule has 0 aromatic rings. The van der Waals surface area contributed by atoms with E-state index in [0.29, 0.717) is 6.42 Å². The maximum atomic E-state index is 12.3. The van der Waals surface area contributed by atoms with Crippen molar-refractivity contribution in [3.05, 3.63) is 0 Å². The molecule has 2 saturated heterocycles. The molecule has 0 radical (unpaired) electrons. The predicted octanol–water partition coefficient (Wildman–Crippen LogP) is 2.20. The molecule has 2 aliphatic heterocycles. The van der Waals surface area contributed by atoms with Gasteiger partial charge in [0.05, 0.1) is 39.6 Å². The molecule has 0 aromatic heterocycles. The van der Waals surface area contributed by atoms with Gasteiger partial charge in [0.25, 0.3) is 0 Å². The number of hydrogen-bond acceptors (Lipinski definition) is 16. The minimum Gasteiger partial charge on any atom is -0.465 e. The van der Waals surface area contributed by atoms with Crippen molar-refractivity contribution in [1.82, 2.24) is 0 Å². The lowest BCUT2D eigenvalue weighted by atomic mass is 9.98. The summed E-state index contributed by atoms with van der Waals surface area (Å²) >= 11 is 0. The van der Waals surface area contributed by atoms with Crippen LogP contribution < -0.4 is 0 Å². The largest absolute Gasteiger partial charge is 0.472 e. The van der Waals surface area contributed by atoms with Gasteiger partial charge >= 0.3 is 13.8 Å². The Morgan fingerprint density at radius 3 is 1.65 bits per heavy atom. The lowest BCUT2D eigenvalue weighted by Gasteiger charge is -2.42. The zero-order valence-electron chi connectivity index (χ0n) is 32.1. The van der Waals surface area contributed by atoms with Gasteiger partial charge in [0.2, 0.25) is 0 Å². The van der Waals surface area contributed by atoms with E-state index in [1.165, 1.54) is 77.0 Å². The molecular formula is C36H69O17P. The number of ether oxygens (including phenoxy) is 5. The first-order valence-electron chi connectivity index (χ1n) is 19.8. The fourth-order valence-electron chi connectivity index (χ4n) is 6.16. The van der Waals surface area contributed by atoms with E-state index < -0.39 is 102 Å². The predicted molar refractivity (Wildman–Crippen MR) is 194 cm³/mol. The van der Waals surface area contributed by atoms with Crippen LogP contribution in [0.25, 0.3) is 0 Å². The van der Waals surface area contributed by atoms with E-state index in [4.69, 9.17) is 32.7 Å². The van der Waals surface area contributed by atoms with Crippen molar-refractivity contribution < 1.29 is 82.7 Å². The molecule has 320 valence electrons. The van der Waals surface area contributed by atoms with Crippen LogP contribution in [0.3, 0.4) is 0 Å². The minimum absolute atomic E-state index is 0.00698. The standard InChI is InChI=1S/C36H69O17P/c1-3-4-5-6-7-8-9-10-11-12-13-14-15-16-17-18-28(38)48-22-25(2)23-51-54(45,46)50-20-19-47-35-33(43)32(42)30(40)27(53-35)24-49-36-34(44)31(41)29(39)26(21-37)52-36/h25-27,29-37,39-44H,3-24H2,1-2H3,(H,45,46)/t25-,26?,27?,29?,30?,31?,32?,33?,34?,35?,36?/m1/s1. The van der Waals surface area contributed by atoms with E-state index in [1.807, 2.05) is 0 Å². The Balaban J connectivity index is 1.54. The van der Waals surface area contributed by atoms with Gasteiger partial charge in [-0.3, -0.25) is 13.8 Å². The highest BCUT2D eigenvalue weighted by Gasteiger charge is 2.47. The molecule has 12 atom stereocenters. The third-order valence-electron chi connectivity index (χ3n) is 9.60. The van der Waals surface area contributed by atoms with Crippen LogP contribution in [0, 0.1) is 5.92 Å².